The summed E-state index contributed by atoms with van der Waals surface area (Å²) in [5.41, 5.74) is 0. The number of ether oxygens (including phenoxy) is 3. The van der Waals surface area contributed by atoms with E-state index in [1.165, 1.54) is 6.92 Å². The van der Waals surface area contributed by atoms with Gasteiger partial charge < -0.3 is 14.2 Å². The first kappa shape index (κ1) is 26.9. The summed E-state index contributed by atoms with van der Waals surface area (Å²) in [5, 5.41) is 0. The van der Waals surface area contributed by atoms with Crippen molar-refractivity contribution in [3.8, 4) is 0 Å². The molecule has 0 radical (unpaired) electrons. The van der Waals surface area contributed by atoms with Crippen LogP contribution >= 0.6 is 0 Å². The van der Waals surface area contributed by atoms with Crippen molar-refractivity contribution in [1.29, 1.82) is 0 Å². The van der Waals surface area contributed by atoms with Crippen molar-refractivity contribution >= 4 is 17.9 Å². The number of carbonyl (C=O) groups excluding carboxylic acids is 3. The number of esters is 3. The third-order valence-electron chi connectivity index (χ3n) is 2.42. The van der Waals surface area contributed by atoms with Gasteiger partial charge in [-0.05, 0) is 0 Å². The molecule has 0 unspecified atom stereocenters. The first-order valence-corrected chi connectivity index (χ1v) is 6.27. The molecule has 0 aromatic carbocycles. The molecule has 140 valence electrons. The molecule has 0 aliphatic carbocycles. The number of hydrogen-bond acceptors (Lipinski definition) is 6. The van der Waals surface area contributed by atoms with Gasteiger partial charge in [0.2, 0.25) is 6.79 Å². The Labute approximate surface area is 187 Å². The fourth-order valence-electron chi connectivity index (χ4n) is 1.08. The average Bonchev–Trinajstić information content (AvgIpc) is 2.41. The van der Waals surface area contributed by atoms with Gasteiger partial charge in [0.25, 0.3) is 6.10 Å². The molecule has 0 saturated carbocycles. The molecule has 0 aliphatic rings. The Hall–Kier alpha value is -0.335. The zero-order valence-electron chi connectivity index (χ0n) is 13.4. The molecule has 6 nitrogen and oxygen atoms in total. The fraction of sp³-hybridized carbons (Fsp3) is 0.667. The first-order chi connectivity index (χ1) is 10.8. The monoisotopic (exact) mass is 452 g/mol. The topological polar surface area (TPSA) is 78.9 Å². The minimum atomic E-state index is -5.89. The number of alkyl halides is 6. The van der Waals surface area contributed by atoms with Gasteiger partial charge in [0.1, 0.15) is 6.42 Å². The van der Waals surface area contributed by atoms with Gasteiger partial charge in [-0.3, -0.25) is 20.3 Å². The number of hydrogen-bond donors (Lipinski definition) is 0. The predicted octanol–water partition coefficient (Wildman–Crippen LogP) is -0.535. The van der Waals surface area contributed by atoms with Crippen molar-refractivity contribution in [2.24, 2.45) is 0 Å². The molecule has 0 N–H and O–H groups in total. The summed E-state index contributed by atoms with van der Waals surface area (Å²) in [6, 6.07) is 0. The molecule has 0 fully saturated rings. The summed E-state index contributed by atoms with van der Waals surface area (Å²) in [6.07, 6.45) is -17.3. The van der Waals surface area contributed by atoms with E-state index in [0.717, 1.165) is 0 Å². The maximum absolute atomic E-state index is 12.1. The second-order valence-electron chi connectivity index (χ2n) is 4.33. The Kier molecular flexibility index (Phi) is 12.3. The zero-order chi connectivity index (χ0) is 19.1. The minimum Gasteiger partial charge on any atom is -0.452 e. The molecule has 0 bridgehead atoms. The third kappa shape index (κ3) is 11.1. The van der Waals surface area contributed by atoms with Crippen molar-refractivity contribution in [1.82, 2.24) is 0 Å². The maximum Gasteiger partial charge on any atom is 1.00 e. The van der Waals surface area contributed by atoms with Crippen LogP contribution in [0.5, 0.6) is 0 Å². The van der Waals surface area contributed by atoms with Gasteiger partial charge in [0, 0.05) is 0 Å². The van der Waals surface area contributed by atoms with Gasteiger partial charge in [-0.1, -0.05) is 6.92 Å². The van der Waals surface area contributed by atoms with Crippen LogP contribution < -0.4 is 58.2 Å². The van der Waals surface area contributed by atoms with E-state index >= 15 is 0 Å². The van der Waals surface area contributed by atoms with Gasteiger partial charge >= 0.3 is 82.5 Å². The Balaban J connectivity index is 0. The Bertz CT molecular complexity index is 450. The van der Waals surface area contributed by atoms with Gasteiger partial charge in [0.05, 0.1) is 0 Å². The zero-order valence-corrected chi connectivity index (χ0v) is 18.3. The molecule has 0 rings (SSSR count). The van der Waals surface area contributed by atoms with E-state index in [9.17, 15) is 40.7 Å². The first-order valence-electron chi connectivity index (χ1n) is 6.27. The summed E-state index contributed by atoms with van der Waals surface area (Å²) in [7, 11) is 0. The van der Waals surface area contributed by atoms with Crippen LogP contribution in [0.4, 0.5) is 26.3 Å². The fourth-order valence-corrected chi connectivity index (χ4v) is 1.08. The summed E-state index contributed by atoms with van der Waals surface area (Å²) in [6.45, 7) is 2.11. The number of halogens is 6. The van der Waals surface area contributed by atoms with Crippen LogP contribution in [-0.4, -0.2) is 43.2 Å². The summed E-state index contributed by atoms with van der Waals surface area (Å²) in [4.78, 5) is 33.2. The van der Waals surface area contributed by atoms with E-state index in [-0.39, 0.29) is 64.1 Å². The molecule has 25 heavy (non-hydrogen) atoms. The summed E-state index contributed by atoms with van der Waals surface area (Å²) < 4.78 is 84.7. The average molecular weight is 453 g/mol. The van der Waals surface area contributed by atoms with E-state index in [0.29, 0.717) is 6.42 Å². The van der Waals surface area contributed by atoms with E-state index in [1.54, 1.807) is 6.92 Å². The predicted molar refractivity (Wildman–Crippen MR) is 62.9 cm³/mol. The SMILES string of the molecule is CC[C-](C)C(=O)OCOC(=O)CC(=O)OC(C(F)(F)F)C(F)(F)F.[Rb+]. The van der Waals surface area contributed by atoms with Crippen LogP contribution in [0.2, 0.25) is 0 Å². The van der Waals surface area contributed by atoms with Gasteiger partial charge in [-0.15, -0.1) is 0 Å². The molecule has 0 aromatic heterocycles. The summed E-state index contributed by atoms with van der Waals surface area (Å²) in [5.74, 6) is -4.15. The van der Waals surface area contributed by atoms with Crippen LogP contribution in [0, 0.1) is 5.92 Å². The molecular formula is C12H13F6O6Rb. The Morgan fingerprint density at radius 2 is 1.44 bits per heavy atom. The molecular weight excluding hydrogens is 440 g/mol. The summed E-state index contributed by atoms with van der Waals surface area (Å²) >= 11 is 0. The third-order valence-corrected chi connectivity index (χ3v) is 2.42. The van der Waals surface area contributed by atoms with Crippen molar-refractivity contribution in [2.45, 2.75) is 45.1 Å². The van der Waals surface area contributed by atoms with E-state index in [1.807, 2.05) is 0 Å². The van der Waals surface area contributed by atoms with Crippen molar-refractivity contribution in [3.63, 3.8) is 0 Å². The molecule has 0 spiro atoms. The van der Waals surface area contributed by atoms with Crippen LogP contribution in [0.1, 0.15) is 26.7 Å². The van der Waals surface area contributed by atoms with Crippen LogP contribution in [0.3, 0.4) is 0 Å². The van der Waals surface area contributed by atoms with Crippen LogP contribution in [-0.2, 0) is 28.6 Å². The van der Waals surface area contributed by atoms with E-state index in [2.05, 4.69) is 14.2 Å². The van der Waals surface area contributed by atoms with Crippen molar-refractivity contribution < 1.29 is 113 Å². The molecule has 0 saturated heterocycles. The van der Waals surface area contributed by atoms with E-state index in [4.69, 9.17) is 0 Å². The largest absolute Gasteiger partial charge is 1.00 e. The quantitative estimate of drug-likeness (QED) is 0.170. The van der Waals surface area contributed by atoms with Crippen LogP contribution in [0.25, 0.3) is 0 Å². The molecule has 0 atom stereocenters. The van der Waals surface area contributed by atoms with Crippen molar-refractivity contribution in [2.75, 3.05) is 6.79 Å². The van der Waals surface area contributed by atoms with Gasteiger partial charge in [-0.25, -0.2) is 0 Å². The second kappa shape index (κ2) is 11.4. The molecule has 0 aromatic rings. The number of rotatable bonds is 7. The standard InChI is InChI=1S/C12H13F6O6.Rb/c1-3-6(2)9(21)23-5-22-7(19)4-8(20)24-10(11(13,14)15)12(16,17)18;/h10H,3-5H2,1-2H3;/q-1;+1. The van der Waals surface area contributed by atoms with Crippen molar-refractivity contribution in [3.05, 3.63) is 5.92 Å². The number of carbonyl (C=O) groups is 3. The molecule has 13 heteroatoms. The van der Waals surface area contributed by atoms with E-state index < -0.39 is 49.6 Å². The second-order valence-corrected chi connectivity index (χ2v) is 4.33. The van der Waals surface area contributed by atoms with Gasteiger partial charge in [0.15, 0.2) is 5.97 Å². The van der Waals surface area contributed by atoms with Crippen LogP contribution in [0.15, 0.2) is 0 Å². The minimum absolute atomic E-state index is 0. The Morgan fingerprint density at radius 3 is 1.84 bits per heavy atom. The molecule has 0 heterocycles. The molecule has 0 amide bonds. The normalized spacial score (nSPS) is 11.4. The molecule has 0 aliphatic heterocycles. The Morgan fingerprint density at radius 1 is 0.960 bits per heavy atom. The smallest absolute Gasteiger partial charge is 0.452 e. The maximum atomic E-state index is 12.1. The van der Waals surface area contributed by atoms with Gasteiger partial charge in [-0.2, -0.15) is 39.7 Å².